The van der Waals surface area contributed by atoms with Gasteiger partial charge in [-0.3, -0.25) is 0 Å². The van der Waals surface area contributed by atoms with Gasteiger partial charge in [0.25, 0.3) is 0 Å². The summed E-state index contributed by atoms with van der Waals surface area (Å²) < 4.78 is 5.17. The van der Waals surface area contributed by atoms with Gasteiger partial charge in [-0.1, -0.05) is 6.92 Å². The fraction of sp³-hybridized carbons (Fsp3) is 0.211. The van der Waals surface area contributed by atoms with E-state index < -0.39 is 0 Å². The SMILES string of the molecule is CCc1cnc(Nc2ccc(OC)[nH+]c2)c(-c2nc(C)nc3nc[nH]c23)c1. The highest BCUT2D eigenvalue weighted by Crippen LogP contribution is 2.31. The van der Waals surface area contributed by atoms with Gasteiger partial charge in [-0.15, -0.1) is 0 Å². The molecule has 4 aromatic rings. The number of pyridine rings is 2. The number of aryl methyl sites for hydroxylation is 2. The summed E-state index contributed by atoms with van der Waals surface area (Å²) in [6.07, 6.45) is 6.21. The zero-order valence-electron chi connectivity index (χ0n) is 15.4. The van der Waals surface area contributed by atoms with Crippen molar-refractivity contribution >= 4 is 22.7 Å². The Kier molecular flexibility index (Phi) is 4.37. The number of hydrogen-bond acceptors (Lipinski definition) is 6. The molecular weight excluding hydrogens is 342 g/mol. The van der Waals surface area contributed by atoms with E-state index in [1.807, 2.05) is 31.5 Å². The number of methoxy groups -OCH3 is 1. The van der Waals surface area contributed by atoms with E-state index in [1.165, 1.54) is 0 Å². The second-order valence-electron chi connectivity index (χ2n) is 6.08. The lowest BCUT2D eigenvalue weighted by molar-refractivity contribution is -0.392. The van der Waals surface area contributed by atoms with Crippen LogP contribution in [0.1, 0.15) is 18.3 Å². The average Bonchev–Trinajstić information content (AvgIpc) is 3.16. The summed E-state index contributed by atoms with van der Waals surface area (Å²) in [5.74, 6) is 2.05. The number of nitrogens with zero attached hydrogens (tertiary/aromatic N) is 4. The third kappa shape index (κ3) is 3.29. The molecule has 0 saturated carbocycles. The van der Waals surface area contributed by atoms with E-state index in [2.05, 4.69) is 48.2 Å². The van der Waals surface area contributed by atoms with Crippen LogP contribution in [0.4, 0.5) is 11.5 Å². The predicted molar refractivity (Wildman–Crippen MR) is 102 cm³/mol. The van der Waals surface area contributed by atoms with E-state index in [4.69, 9.17) is 4.74 Å². The van der Waals surface area contributed by atoms with Crippen LogP contribution in [-0.4, -0.2) is 32.0 Å². The smallest absolute Gasteiger partial charge is 0.365 e. The third-order valence-electron chi connectivity index (χ3n) is 4.27. The number of anilines is 2. The Morgan fingerprint density at radius 2 is 2.11 bits per heavy atom. The van der Waals surface area contributed by atoms with Gasteiger partial charge in [-0.25, -0.2) is 19.9 Å². The fourth-order valence-electron chi connectivity index (χ4n) is 2.87. The number of imidazole rings is 1. The molecule has 0 amide bonds. The molecule has 0 aliphatic heterocycles. The minimum absolute atomic E-state index is 0.642. The van der Waals surface area contributed by atoms with Crippen molar-refractivity contribution < 1.29 is 9.72 Å². The van der Waals surface area contributed by atoms with Crippen LogP contribution in [0.25, 0.3) is 22.4 Å². The minimum Gasteiger partial charge on any atom is -0.448 e. The molecule has 27 heavy (non-hydrogen) atoms. The van der Waals surface area contributed by atoms with Crippen LogP contribution >= 0.6 is 0 Å². The highest BCUT2D eigenvalue weighted by molar-refractivity contribution is 5.91. The van der Waals surface area contributed by atoms with Crippen LogP contribution in [0.5, 0.6) is 5.88 Å². The first kappa shape index (κ1) is 16.9. The lowest BCUT2D eigenvalue weighted by atomic mass is 10.1. The quantitative estimate of drug-likeness (QED) is 0.566. The number of ether oxygens (including phenoxy) is 1. The van der Waals surface area contributed by atoms with Crippen LogP contribution in [0.15, 0.2) is 36.9 Å². The number of rotatable bonds is 5. The van der Waals surface area contributed by atoms with Gasteiger partial charge < -0.3 is 15.0 Å². The van der Waals surface area contributed by atoms with Crippen molar-refractivity contribution in [2.75, 3.05) is 12.4 Å². The summed E-state index contributed by atoms with van der Waals surface area (Å²) in [5.41, 5.74) is 5.09. The van der Waals surface area contributed by atoms with Crippen LogP contribution in [0.3, 0.4) is 0 Å². The summed E-state index contributed by atoms with van der Waals surface area (Å²) in [6, 6.07) is 5.88. The third-order valence-corrected chi connectivity index (χ3v) is 4.27. The van der Waals surface area contributed by atoms with Crippen molar-refractivity contribution in [3.05, 3.63) is 48.3 Å². The predicted octanol–water partition coefficient (Wildman–Crippen LogP) is 2.85. The molecule has 4 aromatic heterocycles. The van der Waals surface area contributed by atoms with E-state index in [9.17, 15) is 0 Å². The van der Waals surface area contributed by atoms with E-state index >= 15 is 0 Å². The normalized spacial score (nSPS) is 10.9. The molecule has 136 valence electrons. The van der Waals surface area contributed by atoms with Gasteiger partial charge in [0.1, 0.15) is 28.5 Å². The van der Waals surface area contributed by atoms with Gasteiger partial charge >= 0.3 is 5.88 Å². The van der Waals surface area contributed by atoms with E-state index in [0.29, 0.717) is 23.2 Å². The molecule has 0 bridgehead atoms. The highest BCUT2D eigenvalue weighted by atomic mass is 16.5. The van der Waals surface area contributed by atoms with Crippen molar-refractivity contribution in [2.45, 2.75) is 20.3 Å². The first-order chi connectivity index (χ1) is 13.2. The second-order valence-corrected chi connectivity index (χ2v) is 6.08. The van der Waals surface area contributed by atoms with Crippen molar-refractivity contribution in [3.63, 3.8) is 0 Å². The first-order valence-corrected chi connectivity index (χ1v) is 8.67. The van der Waals surface area contributed by atoms with Crippen molar-refractivity contribution in [1.29, 1.82) is 0 Å². The summed E-state index contributed by atoms with van der Waals surface area (Å²) in [6.45, 7) is 3.96. The lowest BCUT2D eigenvalue weighted by Gasteiger charge is -2.12. The average molecular weight is 362 g/mol. The standard InChI is InChI=1S/C19H19N7O/c1-4-12-7-14(16-17-19(23-10-22-17)25-11(2)24-16)18(21-8-12)26-13-5-6-15(27-3)20-9-13/h5-10H,4H2,1-3H3,(H,21,26)(H,22,23,24,25)/p+1. The van der Waals surface area contributed by atoms with Crippen molar-refractivity contribution in [2.24, 2.45) is 0 Å². The number of aromatic amines is 2. The van der Waals surface area contributed by atoms with Crippen LogP contribution in [-0.2, 0) is 6.42 Å². The lowest BCUT2D eigenvalue weighted by Crippen LogP contribution is -2.08. The molecule has 0 aliphatic rings. The molecule has 0 unspecified atom stereocenters. The zero-order valence-corrected chi connectivity index (χ0v) is 15.4. The largest absolute Gasteiger partial charge is 0.448 e. The Morgan fingerprint density at radius 3 is 2.85 bits per heavy atom. The van der Waals surface area contributed by atoms with Gasteiger partial charge in [0.15, 0.2) is 11.8 Å². The molecule has 0 aliphatic carbocycles. The zero-order chi connectivity index (χ0) is 18.8. The van der Waals surface area contributed by atoms with Gasteiger partial charge in [-0.05, 0) is 31.0 Å². The van der Waals surface area contributed by atoms with Crippen LogP contribution in [0.2, 0.25) is 0 Å². The number of aromatic nitrogens is 6. The molecular formula is C19H20N7O+. The number of H-pyrrole nitrogens is 2. The summed E-state index contributed by atoms with van der Waals surface area (Å²) in [7, 11) is 1.62. The molecule has 0 fully saturated rings. The maximum Gasteiger partial charge on any atom is 0.365 e. The van der Waals surface area contributed by atoms with E-state index in [0.717, 1.165) is 34.4 Å². The number of hydrogen-bond donors (Lipinski definition) is 2. The molecule has 0 saturated heterocycles. The first-order valence-electron chi connectivity index (χ1n) is 8.67. The van der Waals surface area contributed by atoms with Gasteiger partial charge in [0.05, 0.1) is 19.5 Å². The molecule has 8 nitrogen and oxygen atoms in total. The maximum atomic E-state index is 5.17. The molecule has 8 heteroatoms. The molecule has 4 rings (SSSR count). The van der Waals surface area contributed by atoms with E-state index in [1.54, 1.807) is 13.4 Å². The van der Waals surface area contributed by atoms with Gasteiger partial charge in [-0.2, -0.15) is 4.98 Å². The monoisotopic (exact) mass is 362 g/mol. The second kappa shape index (κ2) is 6.99. The summed E-state index contributed by atoms with van der Waals surface area (Å²) >= 11 is 0. The Balaban J connectivity index is 1.84. The Labute approximate surface area is 156 Å². The fourth-order valence-corrected chi connectivity index (χ4v) is 2.87. The minimum atomic E-state index is 0.642. The Hall–Kier alpha value is -3.55. The maximum absolute atomic E-state index is 5.17. The van der Waals surface area contributed by atoms with Crippen LogP contribution < -0.4 is 15.0 Å². The van der Waals surface area contributed by atoms with Gasteiger partial charge in [0.2, 0.25) is 0 Å². The molecule has 0 radical (unpaired) electrons. The Morgan fingerprint density at radius 1 is 1.22 bits per heavy atom. The molecule has 0 atom stereocenters. The summed E-state index contributed by atoms with van der Waals surface area (Å²) in [4.78, 5) is 24.2. The number of fused-ring (bicyclic) bond motifs is 1. The number of nitrogens with one attached hydrogen (secondary N) is 3. The van der Waals surface area contributed by atoms with E-state index in [-0.39, 0.29) is 0 Å². The Bertz CT molecular complexity index is 1090. The molecule has 4 heterocycles. The van der Waals surface area contributed by atoms with Crippen LogP contribution in [0, 0.1) is 6.92 Å². The highest BCUT2D eigenvalue weighted by Gasteiger charge is 2.16. The molecule has 0 aromatic carbocycles. The van der Waals surface area contributed by atoms with Crippen molar-refractivity contribution in [3.8, 4) is 17.1 Å². The summed E-state index contributed by atoms with van der Waals surface area (Å²) in [5, 5.41) is 3.36. The van der Waals surface area contributed by atoms with Crippen molar-refractivity contribution in [1.82, 2.24) is 24.9 Å². The molecule has 3 N–H and O–H groups in total. The molecule has 0 spiro atoms. The van der Waals surface area contributed by atoms with Gasteiger partial charge in [0, 0.05) is 11.8 Å². The topological polar surface area (TPSA) is 103 Å².